The molecular weight excluding hydrogens is 396 g/mol. The number of benzene rings is 2. The van der Waals surface area contributed by atoms with Gasteiger partial charge in [0.25, 0.3) is 10.0 Å². The molecule has 1 heterocycles. The molecule has 0 spiro atoms. The van der Waals surface area contributed by atoms with Gasteiger partial charge in [0.15, 0.2) is 0 Å². The second-order valence-corrected chi connectivity index (χ2v) is 7.68. The molecule has 0 fully saturated rings. The van der Waals surface area contributed by atoms with Gasteiger partial charge in [0, 0.05) is 6.07 Å². The fourth-order valence-electron chi connectivity index (χ4n) is 2.57. The summed E-state index contributed by atoms with van der Waals surface area (Å²) in [7, 11) is -2.92. The number of hydrogen-bond donors (Lipinski definition) is 2. The SMILES string of the molecule is COC(=O)c1ccc(S(=O)(=O)NC(=O)Nc2cc(C)nn2-c2ccccc2)cc1. The van der Waals surface area contributed by atoms with E-state index in [9.17, 15) is 18.0 Å². The molecule has 2 aromatic carbocycles. The molecular formula is C19H18N4O5S. The van der Waals surface area contributed by atoms with Gasteiger partial charge in [0.05, 0.1) is 29.0 Å². The van der Waals surface area contributed by atoms with Crippen LogP contribution in [0.5, 0.6) is 0 Å². The van der Waals surface area contributed by atoms with Gasteiger partial charge in [-0.2, -0.15) is 5.10 Å². The number of amides is 2. The second kappa shape index (κ2) is 8.15. The number of nitrogens with one attached hydrogen (secondary N) is 2. The van der Waals surface area contributed by atoms with E-state index < -0.39 is 22.0 Å². The van der Waals surface area contributed by atoms with Crippen molar-refractivity contribution >= 4 is 27.8 Å². The number of aromatic nitrogens is 2. The Bertz CT molecular complexity index is 1140. The van der Waals surface area contributed by atoms with E-state index in [1.54, 1.807) is 25.1 Å². The third-order valence-corrected chi connectivity index (χ3v) is 5.23. The zero-order valence-corrected chi connectivity index (χ0v) is 16.4. The molecule has 9 nitrogen and oxygen atoms in total. The lowest BCUT2D eigenvalue weighted by Gasteiger charge is -2.11. The van der Waals surface area contributed by atoms with Crippen LogP contribution in [0.3, 0.4) is 0 Å². The molecule has 1 aromatic heterocycles. The Labute approximate surface area is 167 Å². The molecule has 0 aliphatic carbocycles. The van der Waals surface area contributed by atoms with Gasteiger partial charge >= 0.3 is 12.0 Å². The highest BCUT2D eigenvalue weighted by atomic mass is 32.2. The van der Waals surface area contributed by atoms with Gasteiger partial charge in [-0.1, -0.05) is 18.2 Å². The van der Waals surface area contributed by atoms with Gasteiger partial charge in [0.2, 0.25) is 0 Å². The first-order chi connectivity index (χ1) is 13.8. The number of carbonyl (C=O) groups is 2. The lowest BCUT2D eigenvalue weighted by Crippen LogP contribution is -2.35. The monoisotopic (exact) mass is 414 g/mol. The molecule has 2 N–H and O–H groups in total. The standard InChI is InChI=1S/C19H18N4O5S/c1-13-12-17(23(21-13)15-6-4-3-5-7-15)20-19(25)22-29(26,27)16-10-8-14(9-11-16)18(24)28-2/h3-12H,1-2H3,(H2,20,22,25). The first kappa shape index (κ1) is 20.1. The van der Waals surface area contributed by atoms with E-state index in [1.807, 2.05) is 22.9 Å². The molecule has 0 saturated carbocycles. The summed E-state index contributed by atoms with van der Waals surface area (Å²) >= 11 is 0. The molecule has 0 atom stereocenters. The predicted octanol–water partition coefficient (Wildman–Crippen LogP) is 2.48. The lowest BCUT2D eigenvalue weighted by atomic mass is 10.2. The minimum Gasteiger partial charge on any atom is -0.465 e. The number of nitrogens with zero attached hydrogens (tertiary/aromatic N) is 2. The maximum absolute atomic E-state index is 12.4. The van der Waals surface area contributed by atoms with Crippen LogP contribution < -0.4 is 10.0 Å². The van der Waals surface area contributed by atoms with E-state index in [0.717, 1.165) is 0 Å². The number of urea groups is 1. The molecule has 2 amide bonds. The van der Waals surface area contributed by atoms with Crippen LogP contribution in [0.4, 0.5) is 10.6 Å². The first-order valence-electron chi connectivity index (χ1n) is 8.44. The van der Waals surface area contributed by atoms with Crippen LogP contribution in [0.1, 0.15) is 16.1 Å². The van der Waals surface area contributed by atoms with Crippen LogP contribution in [0, 0.1) is 6.92 Å². The number of carbonyl (C=O) groups excluding carboxylic acids is 2. The molecule has 0 saturated heterocycles. The van der Waals surface area contributed by atoms with Crippen molar-refractivity contribution in [2.45, 2.75) is 11.8 Å². The number of methoxy groups -OCH3 is 1. The average Bonchev–Trinajstić information content (AvgIpc) is 3.07. The van der Waals surface area contributed by atoms with Crippen molar-refractivity contribution in [3.05, 3.63) is 71.9 Å². The molecule has 150 valence electrons. The topological polar surface area (TPSA) is 119 Å². The highest BCUT2D eigenvalue weighted by Gasteiger charge is 2.20. The van der Waals surface area contributed by atoms with Crippen molar-refractivity contribution in [1.82, 2.24) is 14.5 Å². The van der Waals surface area contributed by atoms with E-state index in [0.29, 0.717) is 17.2 Å². The average molecular weight is 414 g/mol. The fraction of sp³-hybridized carbons (Fsp3) is 0.105. The highest BCUT2D eigenvalue weighted by molar-refractivity contribution is 7.90. The zero-order chi connectivity index (χ0) is 21.0. The molecule has 0 radical (unpaired) electrons. The van der Waals surface area contributed by atoms with Crippen LogP contribution in [-0.4, -0.2) is 37.3 Å². The number of sulfonamides is 1. The Balaban J connectivity index is 1.76. The molecule has 0 aliphatic rings. The molecule has 0 aliphatic heterocycles. The summed E-state index contributed by atoms with van der Waals surface area (Å²) in [5.41, 5.74) is 1.54. The van der Waals surface area contributed by atoms with Gasteiger partial charge in [-0.05, 0) is 43.3 Å². The van der Waals surface area contributed by atoms with Crippen molar-refractivity contribution in [1.29, 1.82) is 0 Å². The number of para-hydroxylation sites is 1. The molecule has 3 aromatic rings. The lowest BCUT2D eigenvalue weighted by molar-refractivity contribution is 0.0600. The van der Waals surface area contributed by atoms with Gasteiger partial charge < -0.3 is 4.74 Å². The number of anilines is 1. The van der Waals surface area contributed by atoms with Crippen LogP contribution in [0.25, 0.3) is 5.69 Å². The van der Waals surface area contributed by atoms with E-state index in [1.165, 1.54) is 36.1 Å². The Morgan fingerprint density at radius 2 is 1.69 bits per heavy atom. The quantitative estimate of drug-likeness (QED) is 0.619. The smallest absolute Gasteiger partial charge is 0.337 e. The maximum atomic E-state index is 12.4. The summed E-state index contributed by atoms with van der Waals surface area (Å²) < 4.78 is 32.9. The summed E-state index contributed by atoms with van der Waals surface area (Å²) in [6, 6.07) is 14.8. The Morgan fingerprint density at radius 3 is 2.31 bits per heavy atom. The van der Waals surface area contributed by atoms with Crippen LogP contribution in [0.15, 0.2) is 65.6 Å². The minimum atomic E-state index is -4.14. The van der Waals surface area contributed by atoms with Gasteiger partial charge in [-0.3, -0.25) is 5.32 Å². The van der Waals surface area contributed by atoms with Crippen molar-refractivity contribution in [2.24, 2.45) is 0 Å². The third-order valence-electron chi connectivity index (χ3n) is 3.89. The van der Waals surface area contributed by atoms with Gasteiger partial charge in [0.1, 0.15) is 5.82 Å². The Hall–Kier alpha value is -3.66. The molecule has 3 rings (SSSR count). The number of ether oxygens (including phenoxy) is 1. The van der Waals surface area contributed by atoms with E-state index in [4.69, 9.17) is 0 Å². The van der Waals surface area contributed by atoms with E-state index >= 15 is 0 Å². The van der Waals surface area contributed by atoms with Crippen LogP contribution in [0.2, 0.25) is 0 Å². The van der Waals surface area contributed by atoms with Crippen LogP contribution >= 0.6 is 0 Å². The number of aryl methyl sites for hydroxylation is 1. The predicted molar refractivity (Wildman–Crippen MR) is 105 cm³/mol. The summed E-state index contributed by atoms with van der Waals surface area (Å²) in [5.74, 6) is -0.286. The zero-order valence-electron chi connectivity index (χ0n) is 15.6. The number of esters is 1. The van der Waals surface area contributed by atoms with Crippen molar-refractivity contribution in [2.75, 3.05) is 12.4 Å². The summed E-state index contributed by atoms with van der Waals surface area (Å²) in [5, 5.41) is 6.80. The molecule has 0 unspecified atom stereocenters. The van der Waals surface area contributed by atoms with Crippen molar-refractivity contribution in [3.8, 4) is 5.69 Å². The molecule has 10 heteroatoms. The number of rotatable bonds is 5. The van der Waals surface area contributed by atoms with Gasteiger partial charge in [-0.25, -0.2) is 27.4 Å². The molecule has 0 bridgehead atoms. The van der Waals surface area contributed by atoms with Crippen molar-refractivity contribution < 1.29 is 22.7 Å². The number of hydrogen-bond acceptors (Lipinski definition) is 6. The first-order valence-corrected chi connectivity index (χ1v) is 9.93. The Kier molecular flexibility index (Phi) is 5.64. The van der Waals surface area contributed by atoms with E-state index in [2.05, 4.69) is 15.2 Å². The summed E-state index contributed by atoms with van der Waals surface area (Å²) in [4.78, 5) is 23.6. The third kappa shape index (κ3) is 4.61. The summed E-state index contributed by atoms with van der Waals surface area (Å²) in [6.45, 7) is 1.75. The normalized spacial score (nSPS) is 11.0. The minimum absolute atomic E-state index is 0.173. The Morgan fingerprint density at radius 1 is 1.03 bits per heavy atom. The summed E-state index contributed by atoms with van der Waals surface area (Å²) in [6.07, 6.45) is 0. The van der Waals surface area contributed by atoms with Crippen LogP contribution in [-0.2, 0) is 14.8 Å². The highest BCUT2D eigenvalue weighted by Crippen LogP contribution is 2.17. The van der Waals surface area contributed by atoms with E-state index in [-0.39, 0.29) is 10.5 Å². The van der Waals surface area contributed by atoms with Crippen molar-refractivity contribution in [3.63, 3.8) is 0 Å². The maximum Gasteiger partial charge on any atom is 0.337 e. The molecule has 29 heavy (non-hydrogen) atoms. The van der Waals surface area contributed by atoms with Gasteiger partial charge in [-0.15, -0.1) is 0 Å². The second-order valence-electron chi connectivity index (χ2n) is 5.99. The largest absolute Gasteiger partial charge is 0.465 e. The fourth-order valence-corrected chi connectivity index (χ4v) is 3.47.